The van der Waals surface area contributed by atoms with Crippen molar-refractivity contribution in [3.05, 3.63) is 30.3 Å². The molecule has 0 aromatic heterocycles. The molecule has 1 unspecified atom stereocenters. The number of ether oxygens (including phenoxy) is 1. The summed E-state index contributed by atoms with van der Waals surface area (Å²) in [5.41, 5.74) is 5.63. The minimum absolute atomic E-state index is 0. The fraction of sp³-hybridized carbons (Fsp3) is 0.467. The highest BCUT2D eigenvalue weighted by Gasteiger charge is 2.27. The van der Waals surface area contributed by atoms with Gasteiger partial charge in [0.05, 0.1) is 6.54 Å². The third-order valence-corrected chi connectivity index (χ3v) is 3.52. The van der Waals surface area contributed by atoms with Crippen molar-refractivity contribution in [3.63, 3.8) is 0 Å². The van der Waals surface area contributed by atoms with E-state index in [1.165, 1.54) is 0 Å². The van der Waals surface area contributed by atoms with Crippen LogP contribution < -0.4 is 15.8 Å². The fourth-order valence-corrected chi connectivity index (χ4v) is 2.40. The van der Waals surface area contributed by atoms with Crippen molar-refractivity contribution >= 4 is 24.2 Å². The van der Waals surface area contributed by atoms with Crippen LogP contribution in [0, 0.1) is 0 Å². The maximum Gasteiger partial charge on any atom is 0.258 e. The lowest BCUT2D eigenvalue weighted by molar-refractivity contribution is -0.133. The summed E-state index contributed by atoms with van der Waals surface area (Å²) in [7, 11) is 0. The molecule has 1 atom stereocenters. The molecule has 2 rings (SSSR count). The highest BCUT2D eigenvalue weighted by molar-refractivity contribution is 5.86. The third kappa shape index (κ3) is 5.20. The summed E-state index contributed by atoms with van der Waals surface area (Å²) in [6, 6.07) is 9.18. The number of benzene rings is 1. The number of nitrogens with two attached hydrogens (primary N) is 1. The van der Waals surface area contributed by atoms with E-state index in [-0.39, 0.29) is 43.4 Å². The highest BCUT2D eigenvalue weighted by atomic mass is 35.5. The first-order chi connectivity index (χ1) is 10.2. The van der Waals surface area contributed by atoms with E-state index in [2.05, 4.69) is 5.32 Å². The Hall–Kier alpha value is -1.79. The van der Waals surface area contributed by atoms with Crippen LogP contribution >= 0.6 is 12.4 Å². The molecule has 0 bridgehead atoms. The topological polar surface area (TPSA) is 84.7 Å². The Morgan fingerprint density at radius 1 is 1.32 bits per heavy atom. The Morgan fingerprint density at radius 3 is 2.73 bits per heavy atom. The highest BCUT2D eigenvalue weighted by Crippen LogP contribution is 2.15. The Morgan fingerprint density at radius 2 is 2.05 bits per heavy atom. The van der Waals surface area contributed by atoms with Gasteiger partial charge in [0.25, 0.3) is 5.91 Å². The van der Waals surface area contributed by atoms with E-state index < -0.39 is 0 Å². The number of hydrogen-bond donors (Lipinski definition) is 2. The first-order valence-electron chi connectivity index (χ1n) is 7.15. The number of para-hydroxylation sites is 1. The van der Waals surface area contributed by atoms with Gasteiger partial charge in [0.2, 0.25) is 5.91 Å². The second-order valence-electron chi connectivity index (χ2n) is 5.00. The summed E-state index contributed by atoms with van der Waals surface area (Å²) in [6.07, 6.45) is 1.91. The van der Waals surface area contributed by atoms with Gasteiger partial charge in [-0.2, -0.15) is 0 Å². The Bertz CT molecular complexity index is 484. The fourth-order valence-electron chi connectivity index (χ4n) is 2.40. The summed E-state index contributed by atoms with van der Waals surface area (Å²) in [5.74, 6) is 0.230. The van der Waals surface area contributed by atoms with E-state index in [0.29, 0.717) is 12.3 Å². The lowest BCUT2D eigenvalue weighted by atomic mass is 10.2. The molecule has 0 radical (unpaired) electrons. The van der Waals surface area contributed by atoms with Crippen molar-refractivity contribution < 1.29 is 14.3 Å². The standard InChI is InChI=1S/C15H21N3O3.ClH/c16-9-12-5-4-8-18(12)15(20)10-17-14(19)11-21-13-6-2-1-3-7-13;/h1-3,6-7,12H,4-5,8-11,16H2,(H,17,19);1H. The number of nitrogens with one attached hydrogen (secondary N) is 1. The molecule has 2 amide bonds. The number of halogens is 1. The van der Waals surface area contributed by atoms with Crippen LogP contribution in [-0.2, 0) is 9.59 Å². The van der Waals surface area contributed by atoms with E-state index in [4.69, 9.17) is 10.5 Å². The number of amides is 2. The number of hydrogen-bond acceptors (Lipinski definition) is 4. The molecule has 122 valence electrons. The molecule has 1 saturated heterocycles. The number of carbonyl (C=O) groups excluding carboxylic acids is 2. The molecule has 7 heteroatoms. The first kappa shape index (κ1) is 18.3. The van der Waals surface area contributed by atoms with E-state index in [1.54, 1.807) is 17.0 Å². The van der Waals surface area contributed by atoms with Crippen LogP contribution in [0.25, 0.3) is 0 Å². The zero-order valence-corrected chi connectivity index (χ0v) is 13.2. The van der Waals surface area contributed by atoms with Crippen molar-refractivity contribution in [1.82, 2.24) is 10.2 Å². The molecular formula is C15H22ClN3O3. The number of likely N-dealkylation sites (tertiary alicyclic amines) is 1. The van der Waals surface area contributed by atoms with Crippen LogP contribution in [0.1, 0.15) is 12.8 Å². The normalized spacial score (nSPS) is 16.8. The molecule has 1 aromatic carbocycles. The monoisotopic (exact) mass is 327 g/mol. The van der Waals surface area contributed by atoms with Crippen LogP contribution in [-0.4, -0.2) is 49.0 Å². The van der Waals surface area contributed by atoms with Crippen molar-refractivity contribution in [3.8, 4) is 5.75 Å². The molecular weight excluding hydrogens is 306 g/mol. The van der Waals surface area contributed by atoms with Gasteiger partial charge in [0, 0.05) is 19.1 Å². The van der Waals surface area contributed by atoms with Crippen molar-refractivity contribution in [2.45, 2.75) is 18.9 Å². The molecule has 1 fully saturated rings. The maximum absolute atomic E-state index is 12.0. The zero-order chi connectivity index (χ0) is 15.1. The predicted octanol–water partition coefficient (Wildman–Crippen LogP) is 0.553. The van der Waals surface area contributed by atoms with Crippen LogP contribution in [0.2, 0.25) is 0 Å². The Kier molecular flexibility index (Phi) is 7.70. The van der Waals surface area contributed by atoms with Crippen LogP contribution in [0.4, 0.5) is 0 Å². The summed E-state index contributed by atoms with van der Waals surface area (Å²) >= 11 is 0. The van der Waals surface area contributed by atoms with Gasteiger partial charge in [-0.1, -0.05) is 18.2 Å². The lowest BCUT2D eigenvalue weighted by Gasteiger charge is -2.23. The van der Waals surface area contributed by atoms with E-state index in [0.717, 1.165) is 19.4 Å². The minimum Gasteiger partial charge on any atom is -0.484 e. The van der Waals surface area contributed by atoms with E-state index >= 15 is 0 Å². The van der Waals surface area contributed by atoms with Gasteiger partial charge in [-0.25, -0.2) is 0 Å². The SMILES string of the molecule is Cl.NCC1CCCN1C(=O)CNC(=O)COc1ccccc1. The van der Waals surface area contributed by atoms with Gasteiger partial charge in [0.15, 0.2) is 6.61 Å². The molecule has 3 N–H and O–H groups in total. The molecule has 1 aliphatic heterocycles. The quantitative estimate of drug-likeness (QED) is 0.799. The molecule has 6 nitrogen and oxygen atoms in total. The number of nitrogens with zero attached hydrogens (tertiary/aromatic N) is 1. The molecule has 22 heavy (non-hydrogen) atoms. The minimum atomic E-state index is -0.310. The Labute approximate surface area is 136 Å². The van der Waals surface area contributed by atoms with E-state index in [9.17, 15) is 9.59 Å². The van der Waals surface area contributed by atoms with Gasteiger partial charge in [-0.05, 0) is 25.0 Å². The van der Waals surface area contributed by atoms with E-state index in [1.807, 2.05) is 18.2 Å². The average molecular weight is 328 g/mol. The smallest absolute Gasteiger partial charge is 0.258 e. The van der Waals surface area contributed by atoms with Crippen LogP contribution in [0.3, 0.4) is 0 Å². The van der Waals surface area contributed by atoms with Gasteiger partial charge < -0.3 is 20.7 Å². The summed E-state index contributed by atoms with van der Waals surface area (Å²) in [4.78, 5) is 25.4. The zero-order valence-electron chi connectivity index (χ0n) is 12.4. The molecule has 1 aromatic rings. The largest absolute Gasteiger partial charge is 0.484 e. The average Bonchev–Trinajstić information content (AvgIpc) is 3.00. The first-order valence-corrected chi connectivity index (χ1v) is 7.15. The third-order valence-electron chi connectivity index (χ3n) is 3.52. The molecule has 0 spiro atoms. The van der Waals surface area contributed by atoms with Gasteiger partial charge >= 0.3 is 0 Å². The van der Waals surface area contributed by atoms with Crippen molar-refractivity contribution in [2.75, 3.05) is 26.2 Å². The number of carbonyl (C=O) groups is 2. The van der Waals surface area contributed by atoms with Crippen molar-refractivity contribution in [2.24, 2.45) is 5.73 Å². The number of rotatable bonds is 6. The van der Waals surface area contributed by atoms with Crippen molar-refractivity contribution in [1.29, 1.82) is 0 Å². The summed E-state index contributed by atoms with van der Waals surface area (Å²) < 4.78 is 5.31. The Balaban J connectivity index is 0.00000242. The van der Waals surface area contributed by atoms with Gasteiger partial charge in [-0.3, -0.25) is 9.59 Å². The van der Waals surface area contributed by atoms with Gasteiger partial charge in [-0.15, -0.1) is 12.4 Å². The second-order valence-corrected chi connectivity index (χ2v) is 5.00. The molecule has 1 heterocycles. The predicted molar refractivity (Wildman–Crippen MR) is 86.0 cm³/mol. The molecule has 0 aliphatic carbocycles. The molecule has 1 aliphatic rings. The maximum atomic E-state index is 12.0. The lowest BCUT2D eigenvalue weighted by Crippen LogP contribution is -2.45. The van der Waals surface area contributed by atoms with Crippen LogP contribution in [0.15, 0.2) is 30.3 Å². The molecule has 0 saturated carbocycles. The second kappa shape index (κ2) is 9.27. The van der Waals surface area contributed by atoms with Crippen LogP contribution in [0.5, 0.6) is 5.75 Å². The van der Waals surface area contributed by atoms with Gasteiger partial charge in [0.1, 0.15) is 5.75 Å². The summed E-state index contributed by atoms with van der Waals surface area (Å²) in [6.45, 7) is 1.08. The summed E-state index contributed by atoms with van der Waals surface area (Å²) in [5, 5.41) is 2.58.